The maximum Gasteiger partial charge on any atom is 0.326 e. The summed E-state index contributed by atoms with van der Waals surface area (Å²) in [5, 5.41) is 11.7. The molecule has 1 unspecified atom stereocenters. The van der Waals surface area contributed by atoms with E-state index in [0.29, 0.717) is 6.61 Å². The van der Waals surface area contributed by atoms with Crippen molar-refractivity contribution >= 4 is 17.7 Å². The largest absolute Gasteiger partial charge is 0.480 e. The first-order valence-corrected chi connectivity index (χ1v) is 5.29. The van der Waals surface area contributed by atoms with Crippen LogP contribution in [0.3, 0.4) is 0 Å². The molecule has 1 aromatic rings. The second kappa shape index (κ2) is 6.55. The highest BCUT2D eigenvalue weighted by atomic mass is 16.5. The first-order chi connectivity index (χ1) is 8.54. The van der Waals surface area contributed by atoms with Crippen LogP contribution in [0.1, 0.15) is 16.9 Å². The van der Waals surface area contributed by atoms with Gasteiger partial charge in [0.2, 0.25) is 0 Å². The van der Waals surface area contributed by atoms with Gasteiger partial charge < -0.3 is 20.9 Å². The average molecular weight is 253 g/mol. The molecule has 0 aromatic carbocycles. The van der Waals surface area contributed by atoms with E-state index in [4.69, 9.17) is 15.6 Å². The highest BCUT2D eigenvalue weighted by Crippen LogP contribution is 2.08. The number of hydrogen-bond donors (Lipinski definition) is 3. The third-order valence-corrected chi connectivity index (χ3v) is 2.23. The zero-order valence-electron chi connectivity index (χ0n) is 9.92. The number of aromatic nitrogens is 1. The van der Waals surface area contributed by atoms with Gasteiger partial charge in [-0.25, -0.2) is 9.78 Å². The Morgan fingerprint density at radius 2 is 2.28 bits per heavy atom. The number of carbonyl (C=O) groups is 2. The Balaban J connectivity index is 2.77. The Hall–Kier alpha value is -2.15. The Morgan fingerprint density at radius 1 is 1.56 bits per heavy atom. The molecule has 0 spiro atoms. The number of anilines is 1. The van der Waals surface area contributed by atoms with Crippen LogP contribution >= 0.6 is 0 Å². The molecule has 1 aromatic heterocycles. The lowest BCUT2D eigenvalue weighted by molar-refractivity contribution is -0.138. The van der Waals surface area contributed by atoms with E-state index in [1.165, 1.54) is 13.2 Å². The van der Waals surface area contributed by atoms with Gasteiger partial charge in [0.15, 0.2) is 0 Å². The van der Waals surface area contributed by atoms with Crippen LogP contribution in [0.25, 0.3) is 0 Å². The van der Waals surface area contributed by atoms with Crippen molar-refractivity contribution in [2.45, 2.75) is 12.5 Å². The topological polar surface area (TPSA) is 115 Å². The van der Waals surface area contributed by atoms with E-state index in [1.54, 1.807) is 12.1 Å². The molecule has 4 N–H and O–H groups in total. The zero-order valence-corrected chi connectivity index (χ0v) is 9.92. The van der Waals surface area contributed by atoms with E-state index >= 15 is 0 Å². The molecular weight excluding hydrogens is 238 g/mol. The lowest BCUT2D eigenvalue weighted by atomic mass is 10.2. The van der Waals surface area contributed by atoms with E-state index in [1.807, 2.05) is 0 Å². The Kier molecular flexibility index (Phi) is 5.06. The number of carboxylic acids is 1. The maximum atomic E-state index is 11.0. The number of carbonyl (C=O) groups excluding carboxylic acids is 1. The van der Waals surface area contributed by atoms with Crippen LogP contribution in [-0.4, -0.2) is 41.7 Å². The second-order valence-corrected chi connectivity index (χ2v) is 3.59. The molecule has 7 heteroatoms. The molecule has 0 radical (unpaired) electrons. The molecule has 0 aliphatic rings. The second-order valence-electron chi connectivity index (χ2n) is 3.59. The molecule has 1 atom stereocenters. The van der Waals surface area contributed by atoms with Crippen molar-refractivity contribution in [3.63, 3.8) is 0 Å². The summed E-state index contributed by atoms with van der Waals surface area (Å²) in [5.41, 5.74) is 5.17. The van der Waals surface area contributed by atoms with E-state index in [2.05, 4.69) is 10.3 Å². The third kappa shape index (κ3) is 4.02. The van der Waals surface area contributed by atoms with Crippen LogP contribution in [0, 0.1) is 0 Å². The van der Waals surface area contributed by atoms with Gasteiger partial charge in [0.05, 0.1) is 0 Å². The number of methoxy groups -OCH3 is 1. The lowest BCUT2D eigenvalue weighted by Crippen LogP contribution is -2.31. The predicted molar refractivity (Wildman–Crippen MR) is 64.3 cm³/mol. The SMILES string of the molecule is COCCC(Nc1cccc(C(N)=O)n1)C(=O)O. The minimum absolute atomic E-state index is 0.0795. The van der Waals surface area contributed by atoms with Crippen molar-refractivity contribution in [2.24, 2.45) is 5.73 Å². The summed E-state index contributed by atoms with van der Waals surface area (Å²) in [6, 6.07) is 3.76. The van der Waals surface area contributed by atoms with Crippen molar-refractivity contribution in [2.75, 3.05) is 19.0 Å². The summed E-state index contributed by atoms with van der Waals surface area (Å²) < 4.78 is 4.82. The number of pyridine rings is 1. The van der Waals surface area contributed by atoms with Crippen molar-refractivity contribution in [3.05, 3.63) is 23.9 Å². The minimum Gasteiger partial charge on any atom is -0.480 e. The van der Waals surface area contributed by atoms with Crippen LogP contribution in [-0.2, 0) is 9.53 Å². The molecule has 0 saturated carbocycles. The van der Waals surface area contributed by atoms with Gasteiger partial charge in [-0.15, -0.1) is 0 Å². The summed E-state index contributed by atoms with van der Waals surface area (Å²) in [6.07, 6.45) is 0.286. The van der Waals surface area contributed by atoms with Gasteiger partial charge in [-0.3, -0.25) is 4.79 Å². The fourth-order valence-corrected chi connectivity index (χ4v) is 1.32. The van der Waals surface area contributed by atoms with Gasteiger partial charge in [0, 0.05) is 20.1 Å². The third-order valence-electron chi connectivity index (χ3n) is 2.23. The molecule has 1 heterocycles. The standard InChI is InChI=1S/C11H15N3O4/c1-18-6-5-8(11(16)17)14-9-4-2-3-7(13-9)10(12)15/h2-4,8H,5-6H2,1H3,(H2,12,15)(H,13,14)(H,16,17). The minimum atomic E-state index is -1.02. The fourth-order valence-electron chi connectivity index (χ4n) is 1.32. The van der Waals surface area contributed by atoms with Crippen LogP contribution < -0.4 is 11.1 Å². The normalized spacial score (nSPS) is 11.8. The van der Waals surface area contributed by atoms with Crippen molar-refractivity contribution in [1.29, 1.82) is 0 Å². The number of nitrogens with zero attached hydrogens (tertiary/aromatic N) is 1. The summed E-state index contributed by atoms with van der Waals surface area (Å²) in [4.78, 5) is 25.8. The van der Waals surface area contributed by atoms with Gasteiger partial charge in [0.25, 0.3) is 5.91 Å². The first kappa shape index (κ1) is 13.9. The molecular formula is C11H15N3O4. The molecule has 7 nitrogen and oxygen atoms in total. The zero-order chi connectivity index (χ0) is 13.5. The molecule has 0 aliphatic heterocycles. The van der Waals surface area contributed by atoms with Crippen molar-refractivity contribution in [1.82, 2.24) is 4.98 Å². The average Bonchev–Trinajstić information content (AvgIpc) is 2.34. The fraction of sp³-hybridized carbons (Fsp3) is 0.364. The molecule has 1 rings (SSSR count). The van der Waals surface area contributed by atoms with Crippen LogP contribution in [0.4, 0.5) is 5.82 Å². The lowest BCUT2D eigenvalue weighted by Gasteiger charge is -2.14. The van der Waals surface area contributed by atoms with Crippen molar-refractivity contribution in [3.8, 4) is 0 Å². The summed E-state index contributed by atoms with van der Waals surface area (Å²) in [5.74, 6) is -1.39. The Morgan fingerprint density at radius 3 is 2.83 bits per heavy atom. The van der Waals surface area contributed by atoms with E-state index in [0.717, 1.165) is 0 Å². The molecule has 1 amide bonds. The van der Waals surface area contributed by atoms with E-state index in [9.17, 15) is 9.59 Å². The van der Waals surface area contributed by atoms with E-state index < -0.39 is 17.9 Å². The van der Waals surface area contributed by atoms with Gasteiger partial charge in [0.1, 0.15) is 17.6 Å². The van der Waals surface area contributed by atoms with Crippen LogP contribution in [0.2, 0.25) is 0 Å². The number of primary amides is 1. The summed E-state index contributed by atoms with van der Waals surface area (Å²) in [7, 11) is 1.49. The molecule has 98 valence electrons. The van der Waals surface area contributed by atoms with Crippen LogP contribution in [0.15, 0.2) is 18.2 Å². The number of aliphatic carboxylic acids is 1. The molecule has 0 saturated heterocycles. The number of ether oxygens (including phenoxy) is 1. The number of nitrogens with two attached hydrogens (primary N) is 1. The van der Waals surface area contributed by atoms with Gasteiger partial charge in [-0.05, 0) is 12.1 Å². The number of nitrogens with one attached hydrogen (secondary N) is 1. The monoisotopic (exact) mass is 253 g/mol. The summed E-state index contributed by atoms with van der Waals surface area (Å²) in [6.45, 7) is 0.305. The van der Waals surface area contributed by atoms with Crippen molar-refractivity contribution < 1.29 is 19.4 Å². The molecule has 0 fully saturated rings. The first-order valence-electron chi connectivity index (χ1n) is 5.29. The quantitative estimate of drug-likeness (QED) is 0.634. The highest BCUT2D eigenvalue weighted by Gasteiger charge is 2.17. The maximum absolute atomic E-state index is 11.0. The Bertz CT molecular complexity index is 436. The number of hydrogen-bond acceptors (Lipinski definition) is 5. The number of rotatable bonds is 7. The predicted octanol–water partition coefficient (Wildman–Crippen LogP) is 0.0821. The molecule has 0 bridgehead atoms. The van der Waals surface area contributed by atoms with Crippen LogP contribution in [0.5, 0.6) is 0 Å². The molecule has 18 heavy (non-hydrogen) atoms. The van der Waals surface area contributed by atoms with Gasteiger partial charge in [-0.2, -0.15) is 0 Å². The molecule has 0 aliphatic carbocycles. The van der Waals surface area contributed by atoms with Gasteiger partial charge >= 0.3 is 5.97 Å². The number of carboxylic acid groups (broad SMARTS) is 1. The summed E-state index contributed by atoms with van der Waals surface area (Å²) >= 11 is 0. The Labute approximate surface area is 104 Å². The van der Waals surface area contributed by atoms with E-state index in [-0.39, 0.29) is 17.9 Å². The highest BCUT2D eigenvalue weighted by molar-refractivity contribution is 5.91. The van der Waals surface area contributed by atoms with Gasteiger partial charge in [-0.1, -0.05) is 6.07 Å². The smallest absolute Gasteiger partial charge is 0.326 e. The number of amides is 1.